The fourth-order valence-electron chi connectivity index (χ4n) is 1.92. The number of primary amides is 1. The highest BCUT2D eigenvalue weighted by atomic mass is 19.1. The van der Waals surface area contributed by atoms with E-state index in [9.17, 15) is 9.18 Å². The summed E-state index contributed by atoms with van der Waals surface area (Å²) in [5.41, 5.74) is 7.11. The van der Waals surface area contributed by atoms with Crippen molar-refractivity contribution in [3.8, 4) is 0 Å². The molecular weight excluding hydrogens is 275 g/mol. The molecule has 0 saturated heterocycles. The number of nitrogens with one attached hydrogen (secondary N) is 1. The summed E-state index contributed by atoms with van der Waals surface area (Å²) in [4.78, 5) is 11.2. The molecule has 0 aliphatic carbocycles. The van der Waals surface area contributed by atoms with Gasteiger partial charge in [-0.15, -0.1) is 0 Å². The summed E-state index contributed by atoms with van der Waals surface area (Å²) in [6.07, 6.45) is 3.44. The van der Waals surface area contributed by atoms with Crippen LogP contribution in [0.5, 0.6) is 0 Å². The summed E-state index contributed by atoms with van der Waals surface area (Å²) in [7, 11) is 0. The average molecular weight is 292 g/mol. The smallest absolute Gasteiger partial charge is 0.248 e. The Hall–Kier alpha value is -2.41. The number of hydrogen-bond acceptors (Lipinski definition) is 4. The number of aliphatic hydroxyl groups excluding tert-OH is 1. The first-order chi connectivity index (χ1) is 10.0. The van der Waals surface area contributed by atoms with Gasteiger partial charge in [-0.25, -0.2) is 4.39 Å². The largest absolute Gasteiger partial charge is 0.394 e. The summed E-state index contributed by atoms with van der Waals surface area (Å²) in [5.74, 6) is -1.16. The highest BCUT2D eigenvalue weighted by molar-refractivity contribution is 5.94. The number of hydrogen-bond donors (Lipinski definition) is 3. The summed E-state index contributed by atoms with van der Waals surface area (Å²) in [5, 5.41) is 16.0. The van der Waals surface area contributed by atoms with E-state index in [4.69, 9.17) is 10.8 Å². The normalized spacial score (nSPS) is 10.6. The van der Waals surface area contributed by atoms with Crippen molar-refractivity contribution in [1.82, 2.24) is 9.78 Å². The zero-order valence-electron chi connectivity index (χ0n) is 11.6. The van der Waals surface area contributed by atoms with Crippen molar-refractivity contribution >= 4 is 11.6 Å². The Morgan fingerprint density at radius 2 is 2.29 bits per heavy atom. The minimum atomic E-state index is -0.673. The first-order valence-corrected chi connectivity index (χ1v) is 6.47. The Labute approximate surface area is 121 Å². The number of amides is 1. The van der Waals surface area contributed by atoms with Gasteiger partial charge in [0.05, 0.1) is 19.3 Å². The van der Waals surface area contributed by atoms with Crippen molar-refractivity contribution in [1.29, 1.82) is 0 Å². The SMILES string of the molecule is Cc1c(F)cc(C(N)=O)cc1NCc1cnn(CCO)c1. The molecule has 0 bridgehead atoms. The van der Waals surface area contributed by atoms with Gasteiger partial charge < -0.3 is 16.2 Å². The maximum absolute atomic E-state index is 13.7. The number of aromatic nitrogens is 2. The van der Waals surface area contributed by atoms with Crippen LogP contribution in [0, 0.1) is 12.7 Å². The van der Waals surface area contributed by atoms with Crippen LogP contribution in [0.1, 0.15) is 21.5 Å². The number of halogens is 1. The highest BCUT2D eigenvalue weighted by Crippen LogP contribution is 2.21. The molecule has 0 atom stereocenters. The average Bonchev–Trinajstić information content (AvgIpc) is 2.88. The summed E-state index contributed by atoms with van der Waals surface area (Å²) >= 11 is 0. The molecule has 2 aromatic rings. The lowest BCUT2D eigenvalue weighted by Crippen LogP contribution is -2.13. The van der Waals surface area contributed by atoms with Crippen LogP contribution < -0.4 is 11.1 Å². The maximum Gasteiger partial charge on any atom is 0.248 e. The van der Waals surface area contributed by atoms with Gasteiger partial charge in [0.15, 0.2) is 0 Å². The quantitative estimate of drug-likeness (QED) is 0.741. The van der Waals surface area contributed by atoms with Crippen LogP contribution in [0.25, 0.3) is 0 Å². The molecule has 0 saturated carbocycles. The van der Waals surface area contributed by atoms with Gasteiger partial charge in [-0.1, -0.05) is 0 Å². The van der Waals surface area contributed by atoms with Crippen LogP contribution in [0.15, 0.2) is 24.5 Å². The van der Waals surface area contributed by atoms with Gasteiger partial charge in [0.25, 0.3) is 0 Å². The third-order valence-corrected chi connectivity index (χ3v) is 3.13. The lowest BCUT2D eigenvalue weighted by molar-refractivity contribution is 0.1000. The molecule has 2 rings (SSSR count). The second-order valence-corrected chi connectivity index (χ2v) is 4.68. The lowest BCUT2D eigenvalue weighted by Gasteiger charge is -2.11. The van der Waals surface area contributed by atoms with E-state index in [0.717, 1.165) is 11.6 Å². The van der Waals surface area contributed by atoms with E-state index in [1.54, 1.807) is 24.0 Å². The molecule has 0 radical (unpaired) electrons. The number of nitrogens with two attached hydrogens (primary N) is 1. The van der Waals surface area contributed by atoms with E-state index in [-0.39, 0.29) is 12.2 Å². The van der Waals surface area contributed by atoms with Gasteiger partial charge in [-0.2, -0.15) is 5.10 Å². The van der Waals surface area contributed by atoms with Crippen LogP contribution in [0.2, 0.25) is 0 Å². The Kier molecular flexibility index (Phi) is 4.54. The van der Waals surface area contributed by atoms with Crippen LogP contribution in [0.3, 0.4) is 0 Å². The molecule has 0 aliphatic heterocycles. The molecule has 7 heteroatoms. The fraction of sp³-hybridized carbons (Fsp3) is 0.286. The fourth-order valence-corrected chi connectivity index (χ4v) is 1.92. The molecule has 6 nitrogen and oxygen atoms in total. The molecular formula is C14H17FN4O2. The van der Waals surface area contributed by atoms with E-state index in [2.05, 4.69) is 10.4 Å². The summed E-state index contributed by atoms with van der Waals surface area (Å²) in [6, 6.07) is 2.65. The first-order valence-electron chi connectivity index (χ1n) is 6.47. The highest BCUT2D eigenvalue weighted by Gasteiger charge is 2.10. The Morgan fingerprint density at radius 3 is 2.95 bits per heavy atom. The topological polar surface area (TPSA) is 93.2 Å². The maximum atomic E-state index is 13.7. The molecule has 21 heavy (non-hydrogen) atoms. The molecule has 0 unspecified atom stereocenters. The van der Waals surface area contributed by atoms with E-state index in [1.165, 1.54) is 6.07 Å². The molecule has 1 heterocycles. The van der Waals surface area contributed by atoms with Crippen molar-refractivity contribution in [2.45, 2.75) is 20.0 Å². The third-order valence-electron chi connectivity index (χ3n) is 3.13. The van der Waals surface area contributed by atoms with Crippen molar-refractivity contribution in [2.24, 2.45) is 5.73 Å². The number of anilines is 1. The second kappa shape index (κ2) is 6.36. The number of benzene rings is 1. The standard InChI is InChI=1S/C14H17FN4O2/c1-9-12(15)4-11(14(16)21)5-13(9)17-6-10-7-18-19(8-10)2-3-20/h4-5,7-8,17,20H,2-3,6H2,1H3,(H2,16,21). The third kappa shape index (κ3) is 3.57. The van der Waals surface area contributed by atoms with E-state index in [0.29, 0.717) is 24.3 Å². The number of carbonyl (C=O) groups excluding carboxylic acids is 1. The molecule has 1 aromatic carbocycles. The van der Waals surface area contributed by atoms with Crippen molar-refractivity contribution in [3.63, 3.8) is 0 Å². The van der Waals surface area contributed by atoms with E-state index >= 15 is 0 Å². The second-order valence-electron chi connectivity index (χ2n) is 4.68. The van der Waals surface area contributed by atoms with Crippen molar-refractivity contribution < 1.29 is 14.3 Å². The van der Waals surface area contributed by atoms with Gasteiger partial charge in [-0.05, 0) is 19.1 Å². The van der Waals surface area contributed by atoms with Gasteiger partial charge in [0.2, 0.25) is 5.91 Å². The van der Waals surface area contributed by atoms with Crippen LogP contribution in [0.4, 0.5) is 10.1 Å². The van der Waals surface area contributed by atoms with Gasteiger partial charge in [0.1, 0.15) is 5.82 Å². The molecule has 112 valence electrons. The van der Waals surface area contributed by atoms with E-state index in [1.807, 2.05) is 0 Å². The van der Waals surface area contributed by atoms with Gasteiger partial charge in [0, 0.05) is 35.1 Å². The zero-order chi connectivity index (χ0) is 15.4. The molecule has 0 fully saturated rings. The molecule has 0 spiro atoms. The van der Waals surface area contributed by atoms with Gasteiger partial charge >= 0.3 is 0 Å². The van der Waals surface area contributed by atoms with Crippen molar-refractivity contribution in [2.75, 3.05) is 11.9 Å². The predicted octanol–water partition coefficient (Wildman–Crippen LogP) is 1.03. The number of carbonyl (C=O) groups is 1. The monoisotopic (exact) mass is 292 g/mol. The minimum absolute atomic E-state index is 0.0134. The van der Waals surface area contributed by atoms with Crippen molar-refractivity contribution in [3.05, 3.63) is 47.0 Å². The Bertz CT molecular complexity index is 654. The Morgan fingerprint density at radius 1 is 1.52 bits per heavy atom. The summed E-state index contributed by atoms with van der Waals surface area (Å²) < 4.78 is 15.4. The Balaban J connectivity index is 2.13. The van der Waals surface area contributed by atoms with Gasteiger partial charge in [-0.3, -0.25) is 9.48 Å². The number of nitrogens with zero attached hydrogens (tertiary/aromatic N) is 2. The van der Waals surface area contributed by atoms with Crippen LogP contribution in [-0.2, 0) is 13.1 Å². The number of aliphatic hydroxyl groups is 1. The molecule has 1 amide bonds. The molecule has 0 aliphatic rings. The molecule has 1 aromatic heterocycles. The predicted molar refractivity (Wildman–Crippen MR) is 76.3 cm³/mol. The van der Waals surface area contributed by atoms with Crippen LogP contribution >= 0.6 is 0 Å². The summed E-state index contributed by atoms with van der Waals surface area (Å²) in [6.45, 7) is 2.48. The lowest BCUT2D eigenvalue weighted by atomic mass is 10.1. The van der Waals surface area contributed by atoms with Crippen LogP contribution in [-0.4, -0.2) is 27.4 Å². The minimum Gasteiger partial charge on any atom is -0.394 e. The molecule has 4 N–H and O–H groups in total. The first kappa shape index (κ1) is 15.0. The zero-order valence-corrected chi connectivity index (χ0v) is 11.6. The number of rotatable bonds is 6. The van der Waals surface area contributed by atoms with E-state index < -0.39 is 11.7 Å².